The smallest absolute Gasteiger partial charge is 0.247 e. The average molecular weight is 208 g/mol. The molecule has 0 aliphatic carbocycles. The first kappa shape index (κ1) is 11.7. The molecule has 84 valence electrons. The Morgan fingerprint density at radius 1 is 1.60 bits per heavy atom. The number of unbranched alkanes of at least 4 members (excludes halogenated alkanes) is 2. The number of amides is 1. The topological polar surface area (TPSA) is 41.5 Å². The third-order valence-electron chi connectivity index (χ3n) is 2.24. The van der Waals surface area contributed by atoms with E-state index in [1.807, 2.05) is 6.08 Å². The van der Waals surface area contributed by atoms with E-state index in [1.54, 1.807) is 18.5 Å². The first-order chi connectivity index (χ1) is 7.34. The van der Waals surface area contributed by atoms with Crippen LogP contribution in [0.5, 0.6) is 0 Å². The number of aliphatic imine (C=N–C) groups is 1. The Hall–Kier alpha value is -1.38. The molecule has 15 heavy (non-hydrogen) atoms. The van der Waals surface area contributed by atoms with Crippen LogP contribution in [0.2, 0.25) is 0 Å². The summed E-state index contributed by atoms with van der Waals surface area (Å²) in [6.45, 7) is 2.92. The van der Waals surface area contributed by atoms with Gasteiger partial charge in [0.2, 0.25) is 5.91 Å². The van der Waals surface area contributed by atoms with E-state index in [-0.39, 0.29) is 7.33 Å². The minimum Gasteiger partial charge on any atom is -0.352 e. The first-order valence-electron chi connectivity index (χ1n) is 5.50. The summed E-state index contributed by atoms with van der Waals surface area (Å²) in [6.07, 6.45) is 11.1. The molecule has 0 saturated carbocycles. The van der Waals surface area contributed by atoms with Gasteiger partial charge in [0.05, 0.1) is 0 Å². The molecule has 1 heterocycles. The number of hydrogen-bond donors (Lipinski definition) is 1. The lowest BCUT2D eigenvalue weighted by molar-refractivity contribution is -0.117. The molecule has 3 nitrogen and oxygen atoms in total. The molecule has 0 bridgehead atoms. The highest BCUT2D eigenvalue weighted by molar-refractivity contribution is 5.96. The summed E-state index contributed by atoms with van der Waals surface area (Å²) >= 11 is 0. The maximum atomic E-state index is 11.6. The van der Waals surface area contributed by atoms with E-state index < -0.39 is 0 Å². The number of nitrogens with zero attached hydrogens (tertiary/aromatic N) is 1. The van der Waals surface area contributed by atoms with Crippen molar-refractivity contribution in [2.75, 3.05) is 6.54 Å². The fraction of sp³-hybridized carbons (Fsp3) is 0.500. The van der Waals surface area contributed by atoms with Gasteiger partial charge in [-0.3, -0.25) is 9.79 Å². The standard InChI is InChI=1S/C12H18N2O.H2/c1-2-3-4-9-14-12(15)11-6-5-8-13-10-7-11;/h5-6,8,10H,2-4,7,9H2,1H3,(H,14,15);1H. The zero-order valence-corrected chi connectivity index (χ0v) is 9.20. The van der Waals surface area contributed by atoms with Crippen LogP contribution in [0.4, 0.5) is 0 Å². The van der Waals surface area contributed by atoms with Crippen molar-refractivity contribution >= 4 is 12.1 Å². The zero-order chi connectivity index (χ0) is 10.9. The van der Waals surface area contributed by atoms with Crippen molar-refractivity contribution in [2.45, 2.75) is 32.6 Å². The fourth-order valence-corrected chi connectivity index (χ4v) is 1.35. The number of carbonyl (C=O) groups excluding carboxylic acids is 1. The Morgan fingerprint density at radius 3 is 3.27 bits per heavy atom. The molecule has 0 fully saturated rings. The molecule has 0 aromatic heterocycles. The van der Waals surface area contributed by atoms with Gasteiger partial charge < -0.3 is 5.32 Å². The highest BCUT2D eigenvalue weighted by atomic mass is 16.1. The third-order valence-corrected chi connectivity index (χ3v) is 2.24. The highest BCUT2D eigenvalue weighted by Crippen LogP contribution is 2.03. The van der Waals surface area contributed by atoms with E-state index >= 15 is 0 Å². The molecule has 1 aliphatic rings. The summed E-state index contributed by atoms with van der Waals surface area (Å²) in [4.78, 5) is 15.6. The second-order valence-corrected chi connectivity index (χ2v) is 3.53. The normalized spacial score (nSPS) is 14.6. The molecule has 0 aromatic rings. The summed E-state index contributed by atoms with van der Waals surface area (Å²) in [6, 6.07) is 0. The van der Waals surface area contributed by atoms with Crippen LogP contribution in [-0.4, -0.2) is 18.7 Å². The minimum absolute atomic E-state index is 0. The van der Waals surface area contributed by atoms with Gasteiger partial charge in [0.1, 0.15) is 0 Å². The molecule has 1 rings (SSSR count). The van der Waals surface area contributed by atoms with Gasteiger partial charge in [0.15, 0.2) is 0 Å². The number of allylic oxidation sites excluding steroid dienone is 2. The third kappa shape index (κ3) is 4.58. The van der Waals surface area contributed by atoms with Gasteiger partial charge in [-0.05, 0) is 12.5 Å². The van der Waals surface area contributed by atoms with Crippen LogP contribution < -0.4 is 5.32 Å². The van der Waals surface area contributed by atoms with E-state index in [1.165, 1.54) is 12.8 Å². The Morgan fingerprint density at radius 2 is 2.47 bits per heavy atom. The summed E-state index contributed by atoms with van der Waals surface area (Å²) in [5, 5.41) is 2.91. The first-order valence-corrected chi connectivity index (χ1v) is 5.50. The number of nitrogens with one attached hydrogen (secondary N) is 1. The molecule has 1 amide bonds. The van der Waals surface area contributed by atoms with Crippen LogP contribution in [0.15, 0.2) is 28.9 Å². The van der Waals surface area contributed by atoms with E-state index in [2.05, 4.69) is 17.2 Å². The van der Waals surface area contributed by atoms with Crippen molar-refractivity contribution in [1.82, 2.24) is 5.32 Å². The van der Waals surface area contributed by atoms with E-state index in [9.17, 15) is 4.79 Å². The zero-order valence-electron chi connectivity index (χ0n) is 9.20. The second-order valence-electron chi connectivity index (χ2n) is 3.53. The van der Waals surface area contributed by atoms with Gasteiger partial charge in [0.25, 0.3) is 0 Å². The molecule has 0 atom stereocenters. The number of hydrogen-bond acceptors (Lipinski definition) is 2. The van der Waals surface area contributed by atoms with E-state index in [0.29, 0.717) is 6.42 Å². The molecule has 0 aromatic carbocycles. The van der Waals surface area contributed by atoms with Crippen molar-refractivity contribution in [3.8, 4) is 0 Å². The van der Waals surface area contributed by atoms with Crippen LogP contribution in [0.1, 0.15) is 34.0 Å². The lowest BCUT2D eigenvalue weighted by Gasteiger charge is -2.05. The van der Waals surface area contributed by atoms with Crippen LogP contribution in [0, 0.1) is 0 Å². The average Bonchev–Trinajstić information content (AvgIpc) is 2.52. The van der Waals surface area contributed by atoms with Gasteiger partial charge >= 0.3 is 0 Å². The Bertz CT molecular complexity index is 295. The molecule has 3 heteroatoms. The summed E-state index contributed by atoms with van der Waals surface area (Å²) in [5.74, 6) is 0.0316. The molecular weight excluding hydrogens is 188 g/mol. The molecule has 0 saturated heterocycles. The quantitative estimate of drug-likeness (QED) is 0.693. The van der Waals surface area contributed by atoms with Crippen LogP contribution in [-0.2, 0) is 4.79 Å². The van der Waals surface area contributed by atoms with E-state index in [0.717, 1.165) is 18.5 Å². The maximum absolute atomic E-state index is 11.6. The minimum atomic E-state index is 0. The largest absolute Gasteiger partial charge is 0.352 e. The predicted molar refractivity (Wildman–Crippen MR) is 65.0 cm³/mol. The Labute approximate surface area is 92.5 Å². The lowest BCUT2D eigenvalue weighted by atomic mass is 10.1. The monoisotopic (exact) mass is 208 g/mol. The molecular formula is C12H20N2O. The molecule has 0 unspecified atom stereocenters. The van der Waals surface area contributed by atoms with Gasteiger partial charge in [0, 0.05) is 32.4 Å². The Kier molecular flexibility index (Phi) is 5.44. The number of carbonyl (C=O) groups is 1. The van der Waals surface area contributed by atoms with Crippen molar-refractivity contribution in [1.29, 1.82) is 0 Å². The van der Waals surface area contributed by atoms with Gasteiger partial charge in [-0.25, -0.2) is 0 Å². The van der Waals surface area contributed by atoms with Crippen molar-refractivity contribution in [2.24, 2.45) is 4.99 Å². The lowest BCUT2D eigenvalue weighted by Crippen LogP contribution is -2.26. The maximum Gasteiger partial charge on any atom is 0.247 e. The van der Waals surface area contributed by atoms with Gasteiger partial charge in [-0.15, -0.1) is 0 Å². The Balaban J connectivity index is 0.00000225. The van der Waals surface area contributed by atoms with E-state index in [4.69, 9.17) is 0 Å². The summed E-state index contributed by atoms with van der Waals surface area (Å²) in [5.41, 5.74) is 0.781. The van der Waals surface area contributed by atoms with Crippen LogP contribution in [0.25, 0.3) is 0 Å². The van der Waals surface area contributed by atoms with Crippen molar-refractivity contribution in [3.05, 3.63) is 23.9 Å². The number of rotatable bonds is 5. The summed E-state index contributed by atoms with van der Waals surface area (Å²) < 4.78 is 0. The van der Waals surface area contributed by atoms with Crippen LogP contribution in [0.3, 0.4) is 0 Å². The van der Waals surface area contributed by atoms with Crippen molar-refractivity contribution < 1.29 is 6.22 Å². The van der Waals surface area contributed by atoms with Crippen molar-refractivity contribution in [3.63, 3.8) is 0 Å². The molecule has 0 radical (unpaired) electrons. The molecule has 0 spiro atoms. The predicted octanol–water partition coefficient (Wildman–Crippen LogP) is 2.45. The molecule has 1 aliphatic heterocycles. The van der Waals surface area contributed by atoms with Gasteiger partial charge in [-0.1, -0.05) is 25.8 Å². The molecule has 1 N–H and O–H groups in total. The van der Waals surface area contributed by atoms with Crippen LogP contribution >= 0.6 is 0 Å². The SMILES string of the molecule is CCCCCNC(=O)C1=CC=CN=CC1.[HH]. The fourth-order valence-electron chi connectivity index (χ4n) is 1.35. The second kappa shape index (κ2) is 6.98. The summed E-state index contributed by atoms with van der Waals surface area (Å²) in [7, 11) is 0. The van der Waals surface area contributed by atoms with Gasteiger partial charge in [-0.2, -0.15) is 0 Å². The highest BCUT2D eigenvalue weighted by Gasteiger charge is 2.06.